The highest BCUT2D eigenvalue weighted by atomic mass is 32.2. The maximum absolute atomic E-state index is 13.4. The van der Waals surface area contributed by atoms with Gasteiger partial charge in [0.25, 0.3) is 0 Å². The number of thioether (sulfide) groups is 1. The minimum atomic E-state index is -0.455. The van der Waals surface area contributed by atoms with Crippen LogP contribution in [-0.4, -0.2) is 43.8 Å². The molecule has 3 heterocycles. The molecular weight excluding hydrogens is 409 g/mol. The number of benzene rings is 1. The summed E-state index contributed by atoms with van der Waals surface area (Å²) >= 11 is 1.29. The van der Waals surface area contributed by atoms with Crippen LogP contribution in [0.15, 0.2) is 40.0 Å². The van der Waals surface area contributed by atoms with Crippen molar-refractivity contribution < 1.29 is 18.4 Å². The number of hydrogen-bond donors (Lipinski definition) is 1. The molecule has 0 aliphatic carbocycles. The highest BCUT2D eigenvalue weighted by Gasteiger charge is 2.25. The van der Waals surface area contributed by atoms with E-state index in [0.29, 0.717) is 29.1 Å². The van der Waals surface area contributed by atoms with Crippen molar-refractivity contribution in [1.82, 2.24) is 19.9 Å². The highest BCUT2D eigenvalue weighted by Crippen LogP contribution is 2.29. The largest absolute Gasteiger partial charge is 0.376 e. The lowest BCUT2D eigenvalue weighted by Gasteiger charge is -2.16. The zero-order chi connectivity index (χ0) is 21.1. The third-order valence-electron chi connectivity index (χ3n) is 4.76. The Balaban J connectivity index is 1.55. The number of carbonyl (C=O) groups excluding carboxylic acids is 1. The van der Waals surface area contributed by atoms with E-state index in [4.69, 9.17) is 9.26 Å². The van der Waals surface area contributed by atoms with E-state index in [1.165, 1.54) is 23.9 Å². The van der Waals surface area contributed by atoms with Gasteiger partial charge in [0.15, 0.2) is 11.0 Å². The molecule has 158 valence electrons. The monoisotopic (exact) mass is 431 g/mol. The van der Waals surface area contributed by atoms with E-state index in [1.54, 1.807) is 32.0 Å². The first-order chi connectivity index (χ1) is 14.5. The molecule has 1 amide bonds. The quantitative estimate of drug-likeness (QED) is 0.570. The number of anilines is 1. The number of amides is 1. The first kappa shape index (κ1) is 20.5. The molecule has 30 heavy (non-hydrogen) atoms. The van der Waals surface area contributed by atoms with Gasteiger partial charge in [0.1, 0.15) is 5.82 Å². The van der Waals surface area contributed by atoms with Crippen molar-refractivity contribution in [2.75, 3.05) is 11.9 Å². The summed E-state index contributed by atoms with van der Waals surface area (Å²) in [6, 6.07) is 7.78. The molecule has 2 atom stereocenters. The van der Waals surface area contributed by atoms with E-state index in [1.807, 2.05) is 4.57 Å². The molecule has 1 aliphatic heterocycles. The Bertz CT molecular complexity index is 1010. The minimum absolute atomic E-state index is 0.0563. The number of aromatic nitrogens is 4. The third-order valence-corrected chi connectivity index (χ3v) is 5.84. The van der Waals surface area contributed by atoms with E-state index in [2.05, 4.69) is 20.7 Å². The van der Waals surface area contributed by atoms with E-state index in [0.717, 1.165) is 25.0 Å². The Kier molecular flexibility index (Phi) is 6.14. The Morgan fingerprint density at radius 1 is 1.37 bits per heavy atom. The smallest absolute Gasteiger partial charge is 0.240 e. The van der Waals surface area contributed by atoms with Crippen LogP contribution in [0.1, 0.15) is 25.5 Å². The van der Waals surface area contributed by atoms with E-state index >= 15 is 0 Å². The summed E-state index contributed by atoms with van der Waals surface area (Å²) in [5.74, 6) is 0.377. The van der Waals surface area contributed by atoms with E-state index in [9.17, 15) is 9.18 Å². The SMILES string of the molecule is Cc1cc(NC(=O)C(C)Sc2nnc(-c3ccc(F)cc3)n2CC2CCCO2)on1. The van der Waals surface area contributed by atoms with Crippen LogP contribution in [0, 0.1) is 12.7 Å². The Labute approximate surface area is 177 Å². The summed E-state index contributed by atoms with van der Waals surface area (Å²) in [4.78, 5) is 12.6. The second-order valence-corrected chi connectivity index (χ2v) is 8.45. The van der Waals surface area contributed by atoms with Crippen molar-refractivity contribution in [2.24, 2.45) is 0 Å². The average Bonchev–Trinajstić information content (AvgIpc) is 3.46. The molecule has 1 fully saturated rings. The molecule has 4 rings (SSSR count). The fourth-order valence-corrected chi connectivity index (χ4v) is 4.06. The first-order valence-corrected chi connectivity index (χ1v) is 10.6. The number of carbonyl (C=O) groups is 1. The van der Waals surface area contributed by atoms with Gasteiger partial charge in [0, 0.05) is 18.2 Å². The number of nitrogens with zero attached hydrogens (tertiary/aromatic N) is 4. The van der Waals surface area contributed by atoms with Crippen LogP contribution in [0.25, 0.3) is 11.4 Å². The van der Waals surface area contributed by atoms with Crippen LogP contribution in [0.4, 0.5) is 10.3 Å². The number of nitrogens with one attached hydrogen (secondary N) is 1. The van der Waals surface area contributed by atoms with Crippen LogP contribution < -0.4 is 5.32 Å². The lowest BCUT2D eigenvalue weighted by molar-refractivity contribution is -0.115. The lowest BCUT2D eigenvalue weighted by Crippen LogP contribution is -2.23. The third kappa shape index (κ3) is 4.71. The molecule has 0 spiro atoms. The molecule has 1 aliphatic rings. The lowest BCUT2D eigenvalue weighted by atomic mass is 10.2. The summed E-state index contributed by atoms with van der Waals surface area (Å²) in [7, 11) is 0. The minimum Gasteiger partial charge on any atom is -0.376 e. The molecule has 8 nitrogen and oxygen atoms in total. The van der Waals surface area contributed by atoms with Crippen LogP contribution in [-0.2, 0) is 16.1 Å². The maximum atomic E-state index is 13.4. The van der Waals surface area contributed by atoms with Crippen molar-refractivity contribution in [3.05, 3.63) is 41.8 Å². The maximum Gasteiger partial charge on any atom is 0.240 e. The van der Waals surface area contributed by atoms with Crippen molar-refractivity contribution in [1.29, 1.82) is 0 Å². The van der Waals surface area contributed by atoms with E-state index < -0.39 is 5.25 Å². The van der Waals surface area contributed by atoms with Gasteiger partial charge in [-0.05, 0) is 51.0 Å². The Hall–Kier alpha value is -2.72. The summed E-state index contributed by atoms with van der Waals surface area (Å²) in [5, 5.41) is 15.2. The normalized spacial score (nSPS) is 17.2. The fraction of sp³-hybridized carbons (Fsp3) is 0.400. The molecule has 10 heteroatoms. The zero-order valence-corrected chi connectivity index (χ0v) is 17.5. The molecular formula is C20H22FN5O3S. The van der Waals surface area contributed by atoms with Gasteiger partial charge in [-0.1, -0.05) is 16.9 Å². The highest BCUT2D eigenvalue weighted by molar-refractivity contribution is 8.00. The number of aryl methyl sites for hydroxylation is 1. The van der Waals surface area contributed by atoms with Gasteiger partial charge in [0.2, 0.25) is 11.8 Å². The van der Waals surface area contributed by atoms with Gasteiger partial charge < -0.3 is 9.26 Å². The Morgan fingerprint density at radius 2 is 2.17 bits per heavy atom. The molecule has 1 N–H and O–H groups in total. The van der Waals surface area contributed by atoms with Crippen molar-refractivity contribution >= 4 is 23.6 Å². The number of ether oxygens (including phenoxy) is 1. The number of halogens is 1. The fourth-order valence-electron chi connectivity index (χ4n) is 3.20. The van der Waals surface area contributed by atoms with Crippen molar-refractivity contribution in [2.45, 2.75) is 49.7 Å². The number of rotatable bonds is 7. The second-order valence-electron chi connectivity index (χ2n) is 7.14. The standard InChI is InChI=1S/C20H22FN5O3S/c1-12-10-17(29-25-12)22-19(27)13(2)30-20-24-23-18(14-5-7-15(21)8-6-14)26(20)11-16-4-3-9-28-16/h5-8,10,13,16H,3-4,9,11H2,1-2H3,(H,22,27). The molecule has 1 aromatic carbocycles. The molecule has 3 aromatic rings. The van der Waals surface area contributed by atoms with Crippen molar-refractivity contribution in [3.8, 4) is 11.4 Å². The summed E-state index contributed by atoms with van der Waals surface area (Å²) in [5.41, 5.74) is 1.44. The molecule has 0 bridgehead atoms. The van der Waals surface area contributed by atoms with Crippen LogP contribution in [0.2, 0.25) is 0 Å². The zero-order valence-electron chi connectivity index (χ0n) is 16.7. The summed E-state index contributed by atoms with van der Waals surface area (Å²) < 4.78 is 26.1. The summed E-state index contributed by atoms with van der Waals surface area (Å²) in [6.07, 6.45) is 2.02. The number of hydrogen-bond acceptors (Lipinski definition) is 7. The van der Waals surface area contributed by atoms with Gasteiger partial charge in [-0.3, -0.25) is 14.7 Å². The predicted molar refractivity (Wildman–Crippen MR) is 110 cm³/mol. The Morgan fingerprint density at radius 3 is 2.83 bits per heavy atom. The van der Waals surface area contributed by atoms with Gasteiger partial charge in [-0.15, -0.1) is 10.2 Å². The molecule has 1 saturated heterocycles. The van der Waals surface area contributed by atoms with Gasteiger partial charge >= 0.3 is 0 Å². The van der Waals surface area contributed by atoms with Crippen molar-refractivity contribution in [3.63, 3.8) is 0 Å². The molecule has 2 unspecified atom stereocenters. The van der Waals surface area contributed by atoms with Crippen LogP contribution in [0.5, 0.6) is 0 Å². The molecule has 0 radical (unpaired) electrons. The van der Waals surface area contributed by atoms with E-state index in [-0.39, 0.29) is 17.8 Å². The topological polar surface area (TPSA) is 95.1 Å². The van der Waals surface area contributed by atoms with Gasteiger partial charge in [-0.25, -0.2) is 4.39 Å². The average molecular weight is 431 g/mol. The molecule has 2 aromatic heterocycles. The first-order valence-electron chi connectivity index (χ1n) is 9.71. The molecule has 0 saturated carbocycles. The van der Waals surface area contributed by atoms with Crippen LogP contribution >= 0.6 is 11.8 Å². The van der Waals surface area contributed by atoms with Gasteiger partial charge in [-0.2, -0.15) is 0 Å². The summed E-state index contributed by atoms with van der Waals surface area (Å²) in [6.45, 7) is 4.86. The van der Waals surface area contributed by atoms with Gasteiger partial charge in [0.05, 0.1) is 23.6 Å². The second kappa shape index (κ2) is 8.97. The predicted octanol–water partition coefficient (Wildman–Crippen LogP) is 3.68. The van der Waals surface area contributed by atoms with Crippen LogP contribution in [0.3, 0.4) is 0 Å².